The van der Waals surface area contributed by atoms with Gasteiger partial charge in [-0.1, -0.05) is 41.7 Å². The highest BCUT2D eigenvalue weighted by atomic mass is 32.1. The number of rotatable bonds is 6. The maximum atomic E-state index is 12.5. The number of carbonyl (C=O) groups excluding carboxylic acids is 4. The maximum absolute atomic E-state index is 12.5. The molecule has 4 amide bonds. The van der Waals surface area contributed by atoms with Crippen molar-refractivity contribution in [1.29, 1.82) is 0 Å². The SMILES string of the molecule is Cc1nc(NC(=O)CN2C(=O)NC(c3ccccc3)C2=O)sc1C(=O)OC(C)C. The molecule has 29 heavy (non-hydrogen) atoms. The van der Waals surface area contributed by atoms with E-state index < -0.39 is 36.4 Å². The van der Waals surface area contributed by atoms with E-state index in [2.05, 4.69) is 15.6 Å². The minimum atomic E-state index is -0.823. The van der Waals surface area contributed by atoms with E-state index in [0.717, 1.165) is 16.2 Å². The number of anilines is 1. The predicted octanol–water partition coefficient (Wildman–Crippen LogP) is 2.25. The van der Waals surface area contributed by atoms with Crippen LogP contribution in [0.1, 0.15) is 40.8 Å². The zero-order valence-corrected chi connectivity index (χ0v) is 16.9. The Hall–Kier alpha value is -3.27. The number of imide groups is 1. The van der Waals surface area contributed by atoms with Gasteiger partial charge in [0.15, 0.2) is 5.13 Å². The Balaban J connectivity index is 1.65. The summed E-state index contributed by atoms with van der Waals surface area (Å²) in [5.74, 6) is -1.62. The van der Waals surface area contributed by atoms with Crippen LogP contribution in [0, 0.1) is 6.92 Å². The van der Waals surface area contributed by atoms with Crippen LogP contribution in [0.5, 0.6) is 0 Å². The van der Waals surface area contributed by atoms with Crippen molar-refractivity contribution in [3.63, 3.8) is 0 Å². The van der Waals surface area contributed by atoms with Gasteiger partial charge in [0.05, 0.1) is 11.8 Å². The fourth-order valence-corrected chi connectivity index (χ4v) is 3.62. The Morgan fingerprint density at radius 3 is 2.62 bits per heavy atom. The second-order valence-corrected chi connectivity index (χ2v) is 7.65. The summed E-state index contributed by atoms with van der Waals surface area (Å²) in [4.78, 5) is 54.3. The summed E-state index contributed by atoms with van der Waals surface area (Å²) in [7, 11) is 0. The lowest BCUT2D eigenvalue weighted by atomic mass is 10.1. The molecule has 1 fully saturated rings. The Labute approximate surface area is 171 Å². The monoisotopic (exact) mass is 416 g/mol. The molecule has 152 valence electrons. The summed E-state index contributed by atoms with van der Waals surface area (Å²) in [5, 5.41) is 5.28. The summed E-state index contributed by atoms with van der Waals surface area (Å²) >= 11 is 0.973. The molecule has 2 heterocycles. The Morgan fingerprint density at radius 1 is 1.28 bits per heavy atom. The highest BCUT2D eigenvalue weighted by Crippen LogP contribution is 2.25. The van der Waals surface area contributed by atoms with Crippen LogP contribution in [0.15, 0.2) is 30.3 Å². The molecule has 0 bridgehead atoms. The first-order valence-corrected chi connectivity index (χ1v) is 9.73. The molecule has 1 aromatic carbocycles. The van der Waals surface area contributed by atoms with E-state index in [9.17, 15) is 19.2 Å². The van der Waals surface area contributed by atoms with Crippen LogP contribution < -0.4 is 10.6 Å². The number of benzene rings is 1. The van der Waals surface area contributed by atoms with E-state index in [0.29, 0.717) is 11.3 Å². The molecule has 9 nitrogen and oxygen atoms in total. The second-order valence-electron chi connectivity index (χ2n) is 6.65. The number of ether oxygens (including phenoxy) is 1. The lowest BCUT2D eigenvalue weighted by molar-refractivity contribution is -0.130. The van der Waals surface area contributed by atoms with Crippen molar-refractivity contribution in [1.82, 2.24) is 15.2 Å². The lowest BCUT2D eigenvalue weighted by Gasteiger charge is -2.12. The standard InChI is InChI=1S/C19H20N4O5S/c1-10(2)28-17(26)15-11(3)20-18(29-15)21-13(24)9-23-16(25)14(22-19(23)27)12-7-5-4-6-8-12/h4-8,10,14H,9H2,1-3H3,(H,22,27)(H,20,21,24). The number of carbonyl (C=O) groups is 4. The van der Waals surface area contributed by atoms with Gasteiger partial charge in [0.25, 0.3) is 5.91 Å². The molecule has 2 N–H and O–H groups in total. The van der Waals surface area contributed by atoms with Crippen LogP contribution in [0.25, 0.3) is 0 Å². The smallest absolute Gasteiger partial charge is 0.350 e. The third kappa shape index (κ3) is 4.60. The molecule has 10 heteroatoms. The average molecular weight is 416 g/mol. The van der Waals surface area contributed by atoms with Crippen LogP contribution in [0.3, 0.4) is 0 Å². The van der Waals surface area contributed by atoms with Crippen LogP contribution >= 0.6 is 11.3 Å². The van der Waals surface area contributed by atoms with Gasteiger partial charge in [0.2, 0.25) is 5.91 Å². The first-order chi connectivity index (χ1) is 13.8. The Bertz CT molecular complexity index is 957. The van der Waals surface area contributed by atoms with E-state index in [1.807, 2.05) is 0 Å². The number of aryl methyl sites for hydroxylation is 1. The van der Waals surface area contributed by atoms with Gasteiger partial charge in [-0.05, 0) is 26.3 Å². The number of urea groups is 1. The lowest BCUT2D eigenvalue weighted by Crippen LogP contribution is -2.38. The minimum Gasteiger partial charge on any atom is -0.459 e. The average Bonchev–Trinajstić information content (AvgIpc) is 3.16. The number of aromatic nitrogens is 1. The van der Waals surface area contributed by atoms with Crippen LogP contribution in [-0.4, -0.2) is 46.3 Å². The van der Waals surface area contributed by atoms with Gasteiger partial charge >= 0.3 is 12.0 Å². The molecular weight excluding hydrogens is 396 g/mol. The van der Waals surface area contributed by atoms with Crippen LogP contribution in [0.2, 0.25) is 0 Å². The molecule has 0 radical (unpaired) electrons. The van der Waals surface area contributed by atoms with Gasteiger partial charge in [-0.3, -0.25) is 14.5 Å². The van der Waals surface area contributed by atoms with E-state index in [1.54, 1.807) is 51.1 Å². The van der Waals surface area contributed by atoms with Gasteiger partial charge in [-0.25, -0.2) is 14.6 Å². The quantitative estimate of drug-likeness (QED) is 0.551. The molecule has 1 aliphatic heterocycles. The molecule has 2 aromatic rings. The molecule has 0 saturated carbocycles. The molecule has 0 aliphatic carbocycles. The highest BCUT2D eigenvalue weighted by Gasteiger charge is 2.39. The largest absolute Gasteiger partial charge is 0.459 e. The molecular formula is C19H20N4O5S. The zero-order chi connectivity index (χ0) is 21.1. The van der Waals surface area contributed by atoms with Gasteiger partial charge < -0.3 is 15.4 Å². The summed E-state index contributed by atoms with van der Waals surface area (Å²) in [6.45, 7) is 4.64. The Morgan fingerprint density at radius 2 is 1.97 bits per heavy atom. The predicted molar refractivity (Wildman–Crippen MR) is 105 cm³/mol. The third-order valence-corrected chi connectivity index (χ3v) is 5.08. The first-order valence-electron chi connectivity index (χ1n) is 8.91. The van der Waals surface area contributed by atoms with Crippen molar-refractivity contribution in [3.8, 4) is 0 Å². The molecule has 1 aliphatic rings. The number of nitrogens with one attached hydrogen (secondary N) is 2. The summed E-state index contributed by atoms with van der Waals surface area (Å²) in [6.07, 6.45) is -0.278. The molecule has 1 unspecified atom stereocenters. The number of amides is 4. The van der Waals surface area contributed by atoms with Gasteiger partial charge in [0, 0.05) is 0 Å². The third-order valence-electron chi connectivity index (χ3n) is 4.03. The van der Waals surface area contributed by atoms with Crippen molar-refractivity contribution in [2.75, 3.05) is 11.9 Å². The van der Waals surface area contributed by atoms with Gasteiger partial charge in [0.1, 0.15) is 17.5 Å². The van der Waals surface area contributed by atoms with Gasteiger partial charge in [-0.2, -0.15) is 0 Å². The normalized spacial score (nSPS) is 16.1. The summed E-state index contributed by atoms with van der Waals surface area (Å²) in [5.41, 5.74) is 1.06. The Kier molecular flexibility index (Phi) is 5.92. The van der Waals surface area contributed by atoms with Crippen molar-refractivity contribution in [3.05, 3.63) is 46.5 Å². The topological polar surface area (TPSA) is 118 Å². The number of hydrogen-bond acceptors (Lipinski definition) is 7. The number of esters is 1. The van der Waals surface area contributed by atoms with Crippen molar-refractivity contribution in [2.24, 2.45) is 0 Å². The van der Waals surface area contributed by atoms with Crippen molar-refractivity contribution < 1.29 is 23.9 Å². The van der Waals surface area contributed by atoms with Gasteiger partial charge in [-0.15, -0.1) is 0 Å². The van der Waals surface area contributed by atoms with E-state index in [-0.39, 0.29) is 16.1 Å². The highest BCUT2D eigenvalue weighted by molar-refractivity contribution is 7.17. The first kappa shape index (κ1) is 20.5. The fraction of sp³-hybridized carbons (Fsp3) is 0.316. The second kappa shape index (κ2) is 8.39. The number of nitrogens with zero attached hydrogens (tertiary/aromatic N) is 2. The zero-order valence-electron chi connectivity index (χ0n) is 16.1. The van der Waals surface area contributed by atoms with Crippen molar-refractivity contribution >= 4 is 40.3 Å². The van der Waals surface area contributed by atoms with E-state index in [4.69, 9.17) is 4.74 Å². The molecule has 1 aromatic heterocycles. The maximum Gasteiger partial charge on any atom is 0.350 e. The fourth-order valence-electron chi connectivity index (χ4n) is 2.75. The van der Waals surface area contributed by atoms with Crippen molar-refractivity contribution in [2.45, 2.75) is 32.9 Å². The van der Waals surface area contributed by atoms with E-state index >= 15 is 0 Å². The molecule has 1 atom stereocenters. The number of hydrogen-bond donors (Lipinski definition) is 2. The number of thiazole rings is 1. The summed E-state index contributed by atoms with van der Waals surface area (Å²) in [6, 6.07) is 7.31. The van der Waals surface area contributed by atoms with Crippen LogP contribution in [-0.2, 0) is 14.3 Å². The molecule has 3 rings (SSSR count). The molecule has 0 spiro atoms. The van der Waals surface area contributed by atoms with Crippen LogP contribution in [0.4, 0.5) is 9.93 Å². The minimum absolute atomic E-state index is 0.190. The molecule has 1 saturated heterocycles. The van der Waals surface area contributed by atoms with E-state index in [1.165, 1.54) is 0 Å². The summed E-state index contributed by atoms with van der Waals surface area (Å²) < 4.78 is 5.14.